The summed E-state index contributed by atoms with van der Waals surface area (Å²) in [6, 6.07) is 7.53. The summed E-state index contributed by atoms with van der Waals surface area (Å²) in [6.45, 7) is 2.52. The van der Waals surface area contributed by atoms with E-state index in [1.54, 1.807) is 4.90 Å². The molecule has 1 aliphatic rings. The molecule has 0 bridgehead atoms. The maximum atomic E-state index is 11.6. The Bertz CT molecular complexity index is 478. The lowest BCUT2D eigenvalue weighted by Crippen LogP contribution is -2.33. The van der Waals surface area contributed by atoms with E-state index in [1.807, 2.05) is 50.2 Å². The van der Waals surface area contributed by atoms with Gasteiger partial charge in [0.2, 0.25) is 0 Å². The summed E-state index contributed by atoms with van der Waals surface area (Å²) in [5.41, 5.74) is 7.95. The van der Waals surface area contributed by atoms with E-state index in [1.165, 1.54) is 0 Å². The van der Waals surface area contributed by atoms with Crippen LogP contribution in [-0.2, 0) is 0 Å². The van der Waals surface area contributed by atoms with Gasteiger partial charge in [-0.2, -0.15) is 4.99 Å². The van der Waals surface area contributed by atoms with E-state index in [9.17, 15) is 4.79 Å². The van der Waals surface area contributed by atoms with Gasteiger partial charge in [-0.05, 0) is 24.6 Å². The molecule has 0 radical (unpaired) electrons. The van der Waals surface area contributed by atoms with Crippen LogP contribution in [0.15, 0.2) is 29.3 Å². The van der Waals surface area contributed by atoms with Gasteiger partial charge in [0, 0.05) is 26.3 Å². The molecule has 0 aromatic heterocycles. The third-order valence-corrected chi connectivity index (χ3v) is 3.13. The van der Waals surface area contributed by atoms with Crippen LogP contribution in [0, 0.1) is 0 Å². The normalized spacial score (nSPS) is 19.1. The van der Waals surface area contributed by atoms with Gasteiger partial charge >= 0.3 is 6.03 Å². The van der Waals surface area contributed by atoms with Gasteiger partial charge in [-0.25, -0.2) is 4.79 Å². The zero-order chi connectivity index (χ0) is 13.3. The second-order valence-electron chi connectivity index (χ2n) is 4.49. The Kier molecular flexibility index (Phi) is 3.23. The fourth-order valence-corrected chi connectivity index (χ4v) is 2.13. The average Bonchev–Trinajstić information content (AvgIpc) is 2.63. The number of amidine groups is 1. The van der Waals surface area contributed by atoms with E-state index < -0.39 is 0 Å². The topological polar surface area (TPSA) is 61.9 Å². The molecule has 0 saturated heterocycles. The third-order valence-electron chi connectivity index (χ3n) is 3.13. The fraction of sp³-hybridized carbons (Fsp3) is 0.385. The Morgan fingerprint density at radius 1 is 1.33 bits per heavy atom. The molecule has 5 heteroatoms. The highest BCUT2D eigenvalue weighted by atomic mass is 16.2. The van der Waals surface area contributed by atoms with Gasteiger partial charge in [0.15, 0.2) is 0 Å². The van der Waals surface area contributed by atoms with Crippen molar-refractivity contribution in [3.8, 4) is 0 Å². The van der Waals surface area contributed by atoms with Gasteiger partial charge in [0.05, 0.1) is 0 Å². The molecular weight excluding hydrogens is 228 g/mol. The maximum absolute atomic E-state index is 11.6. The van der Waals surface area contributed by atoms with Crippen LogP contribution in [0.3, 0.4) is 0 Å². The number of hydrogen-bond acceptors (Lipinski definition) is 3. The molecule has 18 heavy (non-hydrogen) atoms. The van der Waals surface area contributed by atoms with Gasteiger partial charge in [0.1, 0.15) is 11.9 Å². The lowest BCUT2D eigenvalue weighted by molar-refractivity contribution is 0.210. The number of amides is 2. The smallest absolute Gasteiger partial charge is 0.346 e. The molecule has 1 aromatic carbocycles. The standard InChI is InChI=1S/C13H18N4O/c1-4-17-11(12(14)15-13(17)18)9-5-7-10(8-6-9)16(2)3/h5-8,11H,4H2,1-3H3,(H2,14,15,18). The number of hydrogen-bond donors (Lipinski definition) is 1. The van der Waals surface area contributed by atoms with Gasteiger partial charge < -0.3 is 15.5 Å². The SMILES string of the molecule is CCN1C(=O)N=C(N)C1c1ccc(N(C)C)cc1. The van der Waals surface area contributed by atoms with Crippen LogP contribution >= 0.6 is 0 Å². The summed E-state index contributed by atoms with van der Waals surface area (Å²) in [6.07, 6.45) is 0. The zero-order valence-corrected chi connectivity index (χ0v) is 10.9. The molecule has 0 spiro atoms. The van der Waals surface area contributed by atoms with Crippen molar-refractivity contribution in [1.82, 2.24) is 4.90 Å². The highest BCUT2D eigenvalue weighted by Gasteiger charge is 2.33. The average molecular weight is 246 g/mol. The van der Waals surface area contributed by atoms with Gasteiger partial charge in [-0.3, -0.25) is 0 Å². The number of carbonyl (C=O) groups excluding carboxylic acids is 1. The highest BCUT2D eigenvalue weighted by molar-refractivity contribution is 6.03. The molecule has 2 amide bonds. The zero-order valence-electron chi connectivity index (χ0n) is 10.9. The molecule has 96 valence electrons. The van der Waals surface area contributed by atoms with E-state index in [0.29, 0.717) is 12.4 Å². The van der Waals surface area contributed by atoms with Crippen LogP contribution < -0.4 is 10.6 Å². The minimum absolute atomic E-state index is 0.223. The molecule has 0 fully saturated rings. The first-order valence-corrected chi connectivity index (χ1v) is 5.96. The summed E-state index contributed by atoms with van der Waals surface area (Å²) in [4.78, 5) is 19.1. The van der Waals surface area contributed by atoms with Crippen molar-refractivity contribution in [2.45, 2.75) is 13.0 Å². The van der Waals surface area contributed by atoms with Gasteiger partial charge in [0.25, 0.3) is 0 Å². The van der Waals surface area contributed by atoms with Gasteiger partial charge in [-0.15, -0.1) is 0 Å². The Morgan fingerprint density at radius 2 is 1.94 bits per heavy atom. The molecule has 1 unspecified atom stereocenters. The summed E-state index contributed by atoms with van der Waals surface area (Å²) < 4.78 is 0. The van der Waals surface area contributed by atoms with Crippen LogP contribution in [0.4, 0.5) is 10.5 Å². The van der Waals surface area contributed by atoms with Crippen LogP contribution in [-0.4, -0.2) is 37.4 Å². The molecule has 1 atom stereocenters. The number of rotatable bonds is 3. The predicted molar refractivity (Wildman–Crippen MR) is 72.9 cm³/mol. The van der Waals surface area contributed by atoms with E-state index in [-0.39, 0.29) is 12.1 Å². The lowest BCUT2D eigenvalue weighted by atomic mass is 10.0. The number of likely N-dealkylation sites (N-methyl/N-ethyl adjacent to an activating group) is 1. The lowest BCUT2D eigenvalue weighted by Gasteiger charge is -2.23. The van der Waals surface area contributed by atoms with Crippen LogP contribution in [0.1, 0.15) is 18.5 Å². The number of benzene rings is 1. The first-order chi connectivity index (χ1) is 8.54. The Morgan fingerprint density at radius 3 is 2.44 bits per heavy atom. The summed E-state index contributed by atoms with van der Waals surface area (Å²) in [5.74, 6) is 0.374. The predicted octanol–water partition coefficient (Wildman–Crippen LogP) is 1.61. The van der Waals surface area contributed by atoms with Crippen molar-refractivity contribution in [2.75, 3.05) is 25.5 Å². The van der Waals surface area contributed by atoms with Crippen LogP contribution in [0.25, 0.3) is 0 Å². The number of urea groups is 1. The summed E-state index contributed by atoms with van der Waals surface area (Å²) in [5, 5.41) is 0. The molecule has 1 heterocycles. The Balaban J connectivity index is 2.31. The second-order valence-corrected chi connectivity index (χ2v) is 4.49. The molecule has 1 aromatic rings. The Labute approximate surface area is 107 Å². The second kappa shape index (κ2) is 4.68. The largest absolute Gasteiger partial charge is 0.385 e. The Hall–Kier alpha value is -2.04. The maximum Gasteiger partial charge on any atom is 0.346 e. The van der Waals surface area contributed by atoms with Crippen LogP contribution in [0.2, 0.25) is 0 Å². The van der Waals surface area contributed by atoms with Crippen molar-refractivity contribution < 1.29 is 4.79 Å². The molecule has 5 nitrogen and oxygen atoms in total. The molecule has 2 rings (SSSR count). The minimum Gasteiger partial charge on any atom is -0.385 e. The van der Waals surface area contributed by atoms with Crippen molar-refractivity contribution in [3.05, 3.63) is 29.8 Å². The first kappa shape index (κ1) is 12.4. The molecule has 0 saturated carbocycles. The van der Waals surface area contributed by atoms with Crippen molar-refractivity contribution in [3.63, 3.8) is 0 Å². The summed E-state index contributed by atoms with van der Waals surface area (Å²) >= 11 is 0. The van der Waals surface area contributed by atoms with Gasteiger partial charge in [-0.1, -0.05) is 12.1 Å². The van der Waals surface area contributed by atoms with E-state index >= 15 is 0 Å². The number of anilines is 1. The highest BCUT2D eigenvalue weighted by Crippen LogP contribution is 2.27. The number of carbonyl (C=O) groups is 1. The molecule has 2 N–H and O–H groups in total. The van der Waals surface area contributed by atoms with E-state index in [0.717, 1.165) is 11.3 Å². The van der Waals surface area contributed by atoms with Crippen molar-refractivity contribution >= 4 is 17.6 Å². The first-order valence-electron chi connectivity index (χ1n) is 5.96. The van der Waals surface area contributed by atoms with E-state index in [4.69, 9.17) is 5.73 Å². The number of aliphatic imine (C=N–C) groups is 1. The van der Waals surface area contributed by atoms with E-state index in [2.05, 4.69) is 4.99 Å². The molecule has 1 aliphatic heterocycles. The monoisotopic (exact) mass is 246 g/mol. The van der Waals surface area contributed by atoms with Crippen molar-refractivity contribution in [1.29, 1.82) is 0 Å². The minimum atomic E-state index is -0.253. The summed E-state index contributed by atoms with van der Waals surface area (Å²) in [7, 11) is 3.98. The third kappa shape index (κ3) is 2.03. The van der Waals surface area contributed by atoms with Crippen molar-refractivity contribution in [2.24, 2.45) is 10.7 Å². The molecule has 0 aliphatic carbocycles. The van der Waals surface area contributed by atoms with Crippen LogP contribution in [0.5, 0.6) is 0 Å². The number of nitrogens with zero attached hydrogens (tertiary/aromatic N) is 3. The fourth-order valence-electron chi connectivity index (χ4n) is 2.13. The number of nitrogens with two attached hydrogens (primary N) is 1. The quantitative estimate of drug-likeness (QED) is 0.881. The molecular formula is C13H18N4O.